The first kappa shape index (κ1) is 11.6. The summed E-state index contributed by atoms with van der Waals surface area (Å²) in [5.74, 6) is -1.71. The Morgan fingerprint density at radius 2 is 2.13 bits per heavy atom. The van der Waals surface area contributed by atoms with Gasteiger partial charge in [-0.2, -0.15) is 0 Å². The van der Waals surface area contributed by atoms with Crippen molar-refractivity contribution in [1.82, 2.24) is 4.90 Å². The van der Waals surface area contributed by atoms with E-state index in [2.05, 4.69) is 0 Å². The highest BCUT2D eigenvalue weighted by Crippen LogP contribution is 2.31. The van der Waals surface area contributed by atoms with Gasteiger partial charge in [-0.1, -0.05) is 13.8 Å². The lowest BCUT2D eigenvalue weighted by molar-refractivity contribution is -0.143. The number of primary amides is 1. The molecule has 15 heavy (non-hydrogen) atoms. The summed E-state index contributed by atoms with van der Waals surface area (Å²) in [4.78, 5) is 34.5. The van der Waals surface area contributed by atoms with Crippen LogP contribution in [0, 0.1) is 5.41 Å². The number of hydrogen-bond donors (Lipinski definition) is 2. The van der Waals surface area contributed by atoms with Gasteiger partial charge in [0.15, 0.2) is 6.10 Å². The molecule has 0 saturated carbocycles. The van der Waals surface area contributed by atoms with Crippen molar-refractivity contribution >= 4 is 17.7 Å². The summed E-state index contributed by atoms with van der Waals surface area (Å²) in [5, 5.41) is 9.17. The topological polar surface area (TPSA) is 101 Å². The van der Waals surface area contributed by atoms with Gasteiger partial charge in [-0.3, -0.25) is 19.3 Å². The summed E-state index contributed by atoms with van der Waals surface area (Å²) in [6.07, 6.45) is -1.40. The van der Waals surface area contributed by atoms with Gasteiger partial charge in [-0.15, -0.1) is 0 Å². The summed E-state index contributed by atoms with van der Waals surface area (Å²) >= 11 is 0. The Balaban J connectivity index is 2.76. The molecule has 1 aliphatic heterocycles. The fraction of sp³-hybridized carbons (Fsp3) is 0.667. The Kier molecular flexibility index (Phi) is 2.81. The molecule has 0 aliphatic carbocycles. The Hall–Kier alpha value is -1.43. The van der Waals surface area contributed by atoms with Crippen LogP contribution in [0.15, 0.2) is 0 Å². The zero-order chi connectivity index (χ0) is 11.8. The first-order valence-corrected chi connectivity index (χ1v) is 4.58. The third-order valence-electron chi connectivity index (χ3n) is 2.40. The molecule has 0 aromatic carbocycles. The van der Waals surface area contributed by atoms with Gasteiger partial charge in [0.25, 0.3) is 0 Å². The van der Waals surface area contributed by atoms with Crippen LogP contribution in [0.5, 0.6) is 0 Å². The zero-order valence-electron chi connectivity index (χ0n) is 8.69. The van der Waals surface area contributed by atoms with E-state index in [0.717, 1.165) is 4.90 Å². The van der Waals surface area contributed by atoms with Crippen LogP contribution in [0.25, 0.3) is 0 Å². The van der Waals surface area contributed by atoms with Crippen LogP contribution in [0.3, 0.4) is 0 Å². The number of β-amino-alcohol motifs (C(OH)–C–C–N with tert-alkyl or cyclic N) is 1. The van der Waals surface area contributed by atoms with E-state index in [-0.39, 0.29) is 24.8 Å². The lowest BCUT2D eigenvalue weighted by Gasteiger charge is -2.19. The van der Waals surface area contributed by atoms with Crippen LogP contribution in [0.4, 0.5) is 0 Å². The molecular weight excluding hydrogens is 200 g/mol. The van der Waals surface area contributed by atoms with Crippen LogP contribution in [0.1, 0.15) is 20.3 Å². The maximum Gasteiger partial charge on any atom is 0.248 e. The lowest BCUT2D eigenvalue weighted by Crippen LogP contribution is -2.43. The molecule has 1 aliphatic rings. The molecule has 0 spiro atoms. The van der Waals surface area contributed by atoms with E-state index in [9.17, 15) is 19.5 Å². The normalized spacial score (nSPS) is 21.9. The highest BCUT2D eigenvalue weighted by molar-refractivity contribution is 6.05. The van der Waals surface area contributed by atoms with E-state index < -0.39 is 17.4 Å². The van der Waals surface area contributed by atoms with Crippen LogP contribution < -0.4 is 5.73 Å². The van der Waals surface area contributed by atoms with Crippen LogP contribution in [0.2, 0.25) is 0 Å². The standard InChI is InChI=1S/C9H14N2O4/c1-9(2)3-6(13)11(8(9)15)4-5(12)7(10)14/h5,12H,3-4H2,1-2H3,(H2,10,14). The number of hydrogen-bond acceptors (Lipinski definition) is 4. The predicted octanol–water partition coefficient (Wildman–Crippen LogP) is -1.38. The SMILES string of the molecule is CC1(C)CC(=O)N(CC(O)C(N)=O)C1=O. The van der Waals surface area contributed by atoms with E-state index in [1.54, 1.807) is 13.8 Å². The van der Waals surface area contributed by atoms with Gasteiger partial charge in [0, 0.05) is 6.42 Å². The van der Waals surface area contributed by atoms with Crippen molar-refractivity contribution in [3.05, 3.63) is 0 Å². The van der Waals surface area contributed by atoms with E-state index in [1.807, 2.05) is 0 Å². The second-order valence-electron chi connectivity index (χ2n) is 4.29. The highest BCUT2D eigenvalue weighted by atomic mass is 16.3. The van der Waals surface area contributed by atoms with E-state index >= 15 is 0 Å². The number of aliphatic hydroxyl groups excluding tert-OH is 1. The van der Waals surface area contributed by atoms with Crippen LogP contribution in [-0.2, 0) is 14.4 Å². The first-order chi connectivity index (χ1) is 6.75. The van der Waals surface area contributed by atoms with Gasteiger partial charge in [0.05, 0.1) is 12.0 Å². The van der Waals surface area contributed by atoms with Gasteiger partial charge in [0.1, 0.15) is 0 Å². The molecule has 1 heterocycles. The van der Waals surface area contributed by atoms with Crippen molar-refractivity contribution in [2.45, 2.75) is 26.4 Å². The van der Waals surface area contributed by atoms with Gasteiger partial charge >= 0.3 is 0 Å². The molecule has 0 aromatic rings. The lowest BCUT2D eigenvalue weighted by atomic mass is 9.92. The fourth-order valence-electron chi connectivity index (χ4n) is 1.48. The summed E-state index contributed by atoms with van der Waals surface area (Å²) in [6, 6.07) is 0. The number of carbonyl (C=O) groups excluding carboxylic acids is 3. The number of nitrogens with two attached hydrogens (primary N) is 1. The number of aliphatic hydroxyl groups is 1. The largest absolute Gasteiger partial charge is 0.381 e. The molecule has 0 radical (unpaired) electrons. The monoisotopic (exact) mass is 214 g/mol. The molecule has 3 N–H and O–H groups in total. The van der Waals surface area contributed by atoms with E-state index in [1.165, 1.54) is 0 Å². The second-order valence-corrected chi connectivity index (χ2v) is 4.29. The van der Waals surface area contributed by atoms with Crippen molar-refractivity contribution in [3.63, 3.8) is 0 Å². The Bertz CT molecular complexity index is 324. The van der Waals surface area contributed by atoms with Gasteiger partial charge in [-0.25, -0.2) is 0 Å². The number of imide groups is 1. The summed E-state index contributed by atoms with van der Waals surface area (Å²) in [5.41, 5.74) is 4.08. The highest BCUT2D eigenvalue weighted by Gasteiger charge is 2.45. The Labute approximate surface area is 87.0 Å². The van der Waals surface area contributed by atoms with Gasteiger partial charge in [-0.05, 0) is 0 Å². The van der Waals surface area contributed by atoms with Crippen molar-refractivity contribution in [3.8, 4) is 0 Å². The maximum atomic E-state index is 11.6. The molecule has 1 rings (SSSR count). The van der Waals surface area contributed by atoms with Crippen molar-refractivity contribution < 1.29 is 19.5 Å². The van der Waals surface area contributed by atoms with Crippen LogP contribution >= 0.6 is 0 Å². The summed E-state index contributed by atoms with van der Waals surface area (Å²) < 4.78 is 0. The molecule has 84 valence electrons. The molecule has 3 amide bonds. The molecular formula is C9H14N2O4. The third-order valence-corrected chi connectivity index (χ3v) is 2.40. The van der Waals surface area contributed by atoms with Crippen molar-refractivity contribution in [2.75, 3.05) is 6.54 Å². The second kappa shape index (κ2) is 3.62. The van der Waals surface area contributed by atoms with Crippen molar-refractivity contribution in [1.29, 1.82) is 0 Å². The summed E-state index contributed by atoms with van der Waals surface area (Å²) in [6.45, 7) is 2.93. The van der Waals surface area contributed by atoms with Gasteiger partial charge in [0.2, 0.25) is 17.7 Å². The molecule has 1 fully saturated rings. The first-order valence-electron chi connectivity index (χ1n) is 4.58. The van der Waals surface area contributed by atoms with Crippen LogP contribution in [-0.4, -0.2) is 40.4 Å². The third kappa shape index (κ3) is 2.15. The van der Waals surface area contributed by atoms with E-state index in [4.69, 9.17) is 5.73 Å². The average Bonchev–Trinajstić information content (AvgIpc) is 2.27. The zero-order valence-corrected chi connectivity index (χ0v) is 8.69. The van der Waals surface area contributed by atoms with Crippen molar-refractivity contribution in [2.24, 2.45) is 11.1 Å². The molecule has 1 atom stereocenters. The molecule has 6 heteroatoms. The minimum atomic E-state index is -1.49. The summed E-state index contributed by atoms with van der Waals surface area (Å²) in [7, 11) is 0. The van der Waals surface area contributed by atoms with Gasteiger partial charge < -0.3 is 10.8 Å². The molecule has 0 aromatic heterocycles. The predicted molar refractivity (Wildman–Crippen MR) is 50.3 cm³/mol. The Morgan fingerprint density at radius 1 is 1.60 bits per heavy atom. The minimum absolute atomic E-state index is 0.0946. The maximum absolute atomic E-state index is 11.6. The number of carbonyl (C=O) groups is 3. The quantitative estimate of drug-likeness (QED) is 0.565. The minimum Gasteiger partial charge on any atom is -0.381 e. The number of rotatable bonds is 3. The Morgan fingerprint density at radius 3 is 2.47 bits per heavy atom. The molecule has 1 unspecified atom stereocenters. The molecule has 6 nitrogen and oxygen atoms in total. The van der Waals surface area contributed by atoms with E-state index in [0.29, 0.717) is 0 Å². The fourth-order valence-corrected chi connectivity index (χ4v) is 1.48. The number of likely N-dealkylation sites (tertiary alicyclic amines) is 1. The number of nitrogens with zero attached hydrogens (tertiary/aromatic N) is 1. The molecule has 0 bridgehead atoms. The number of amides is 3. The smallest absolute Gasteiger partial charge is 0.248 e. The average molecular weight is 214 g/mol. The molecule has 1 saturated heterocycles.